The molecule has 4 fully saturated rings. The lowest BCUT2D eigenvalue weighted by Crippen LogP contribution is -2.47. The molecular formula is C25H24BrN3O5S2. The van der Waals surface area contributed by atoms with Gasteiger partial charge in [-0.15, -0.1) is 11.8 Å². The number of amides is 3. The van der Waals surface area contributed by atoms with Crippen molar-refractivity contribution in [2.75, 3.05) is 32.8 Å². The van der Waals surface area contributed by atoms with E-state index in [9.17, 15) is 19.2 Å². The molecule has 0 spiro atoms. The molecule has 0 radical (unpaired) electrons. The number of thioether (sulfide) groups is 1. The van der Waals surface area contributed by atoms with Crippen LogP contribution in [0.5, 0.6) is 0 Å². The van der Waals surface area contributed by atoms with E-state index in [-0.39, 0.29) is 69.9 Å². The number of fused-ring (bicyclic) bond motifs is 9. The molecule has 2 bridgehead atoms. The third-order valence-electron chi connectivity index (χ3n) is 8.70. The molecule has 5 aliphatic rings. The number of aromatic amines is 1. The van der Waals surface area contributed by atoms with Gasteiger partial charge in [0.1, 0.15) is 6.54 Å². The van der Waals surface area contributed by atoms with Crippen LogP contribution in [0, 0.1) is 29.6 Å². The molecule has 6 unspecified atom stereocenters. The molecule has 7 rings (SSSR count). The first kappa shape index (κ1) is 23.2. The molecule has 3 aliphatic heterocycles. The van der Waals surface area contributed by atoms with Crippen molar-refractivity contribution in [2.45, 2.75) is 22.6 Å². The number of aromatic nitrogens is 1. The Kier molecular flexibility index (Phi) is 5.50. The number of likely N-dealkylation sites (tertiary alicyclic amines) is 1. The molecule has 1 aromatic heterocycles. The van der Waals surface area contributed by atoms with Crippen molar-refractivity contribution in [3.8, 4) is 0 Å². The molecule has 1 N–H and O–H groups in total. The second kappa shape index (κ2) is 8.54. The number of H-pyrrole nitrogens is 1. The Morgan fingerprint density at radius 2 is 1.75 bits per heavy atom. The summed E-state index contributed by atoms with van der Waals surface area (Å²) in [5, 5.41) is 1.05. The van der Waals surface area contributed by atoms with Gasteiger partial charge in [-0.3, -0.25) is 24.1 Å². The Bertz CT molecular complexity index is 1320. The van der Waals surface area contributed by atoms with Crippen LogP contribution in [0.4, 0.5) is 0 Å². The van der Waals surface area contributed by atoms with Gasteiger partial charge in [0.15, 0.2) is 0 Å². The number of halogens is 1. The number of carbonyl (C=O) groups is 3. The van der Waals surface area contributed by atoms with Crippen LogP contribution in [0.25, 0.3) is 0 Å². The summed E-state index contributed by atoms with van der Waals surface area (Å²) in [5.74, 6) is -1.04. The van der Waals surface area contributed by atoms with Gasteiger partial charge < -0.3 is 14.6 Å². The Hall–Kier alpha value is -1.95. The highest BCUT2D eigenvalue weighted by Gasteiger charge is 2.69. The first-order valence-electron chi connectivity index (χ1n) is 12.3. The maximum Gasteiger partial charge on any atom is 0.305 e. The third kappa shape index (κ3) is 3.35. The van der Waals surface area contributed by atoms with Crippen molar-refractivity contribution in [1.82, 2.24) is 14.8 Å². The number of nitrogens with one attached hydrogen (secondary N) is 1. The minimum absolute atomic E-state index is 0.00573. The van der Waals surface area contributed by atoms with Gasteiger partial charge in [-0.25, -0.2) is 0 Å². The van der Waals surface area contributed by atoms with E-state index in [0.717, 1.165) is 26.4 Å². The molecule has 2 saturated carbocycles. The zero-order chi connectivity index (χ0) is 24.7. The van der Waals surface area contributed by atoms with Crippen LogP contribution in [-0.2, 0) is 19.1 Å². The predicted molar refractivity (Wildman–Crippen MR) is 137 cm³/mol. The molecule has 2 saturated heterocycles. The first-order chi connectivity index (χ1) is 17.4. The maximum atomic E-state index is 13.7. The topological polar surface area (TPSA) is 99.8 Å². The number of nitrogens with zero attached hydrogens (tertiary/aromatic N) is 2. The summed E-state index contributed by atoms with van der Waals surface area (Å²) < 4.78 is 6.31. The van der Waals surface area contributed by atoms with Crippen LogP contribution < -0.4 is 4.87 Å². The van der Waals surface area contributed by atoms with Crippen LogP contribution in [0.15, 0.2) is 38.6 Å². The van der Waals surface area contributed by atoms with Crippen LogP contribution in [0.1, 0.15) is 22.8 Å². The SMILES string of the molecule is O=C(CN1C(=O)C2C3CC(C2C1=O)C1C3Sc2[nH]c(=O)sc2[C@@H]1c1ccc(Br)cc1)N1CCOCC1. The highest BCUT2D eigenvalue weighted by Crippen LogP contribution is 2.68. The molecule has 1 aromatic carbocycles. The standard InChI is InChI=1S/C25H24BrN3O5S2/c26-12-3-1-11(2-4-12)16-17-13-9-14(20(17)35-22-21(16)36-25(33)27-22)19-18(13)23(31)29(24(19)32)10-15(30)28-5-7-34-8-6-28/h1-4,13-14,16-20H,5-10H2,(H,27,33)/t13?,14?,16-,17?,18?,19?,20?/m1/s1. The zero-order valence-electron chi connectivity index (χ0n) is 19.2. The molecular weight excluding hydrogens is 566 g/mol. The fourth-order valence-corrected chi connectivity index (χ4v) is 10.5. The second-order valence-electron chi connectivity index (χ2n) is 10.3. The van der Waals surface area contributed by atoms with Crippen molar-refractivity contribution in [3.05, 3.63) is 48.8 Å². The van der Waals surface area contributed by atoms with Gasteiger partial charge in [-0.1, -0.05) is 39.4 Å². The Morgan fingerprint density at radius 1 is 1.06 bits per heavy atom. The van der Waals surface area contributed by atoms with E-state index >= 15 is 0 Å². The molecule has 7 atom stereocenters. The van der Waals surface area contributed by atoms with Gasteiger partial charge in [0.05, 0.1) is 30.1 Å². The fourth-order valence-electron chi connectivity index (χ4n) is 7.33. The van der Waals surface area contributed by atoms with Crippen molar-refractivity contribution >= 4 is 56.8 Å². The van der Waals surface area contributed by atoms with Gasteiger partial charge in [0, 0.05) is 33.6 Å². The number of thiazole rings is 1. The van der Waals surface area contributed by atoms with E-state index in [2.05, 4.69) is 33.0 Å². The average molecular weight is 591 g/mol. The summed E-state index contributed by atoms with van der Waals surface area (Å²) in [5.41, 5.74) is 1.13. The van der Waals surface area contributed by atoms with Gasteiger partial charge in [0.25, 0.3) is 0 Å². The van der Waals surface area contributed by atoms with Crippen molar-refractivity contribution in [1.29, 1.82) is 0 Å². The van der Waals surface area contributed by atoms with Crippen LogP contribution in [0.3, 0.4) is 0 Å². The Balaban J connectivity index is 1.22. The monoisotopic (exact) mass is 589 g/mol. The smallest absolute Gasteiger partial charge is 0.305 e. The van der Waals surface area contributed by atoms with Crippen molar-refractivity contribution in [2.24, 2.45) is 29.6 Å². The highest BCUT2D eigenvalue weighted by molar-refractivity contribution is 9.10. The Labute approximate surface area is 223 Å². The third-order valence-corrected chi connectivity index (χ3v) is 11.8. The first-order valence-corrected chi connectivity index (χ1v) is 14.8. The Morgan fingerprint density at radius 3 is 2.47 bits per heavy atom. The minimum Gasteiger partial charge on any atom is -0.378 e. The number of imide groups is 1. The van der Waals surface area contributed by atoms with Crippen molar-refractivity contribution < 1.29 is 19.1 Å². The zero-order valence-corrected chi connectivity index (χ0v) is 22.4. The summed E-state index contributed by atoms with van der Waals surface area (Å²) in [6.45, 7) is 1.76. The molecule has 2 aliphatic carbocycles. The average Bonchev–Trinajstić information content (AvgIpc) is 3.61. The lowest BCUT2D eigenvalue weighted by molar-refractivity contribution is -0.148. The minimum atomic E-state index is -0.378. The molecule has 2 aromatic rings. The predicted octanol–water partition coefficient (Wildman–Crippen LogP) is 2.53. The number of ether oxygens (including phenoxy) is 1. The molecule has 36 heavy (non-hydrogen) atoms. The number of carbonyl (C=O) groups excluding carboxylic acids is 3. The normalized spacial score (nSPS) is 34.6. The molecule has 188 valence electrons. The molecule has 11 heteroatoms. The number of benzene rings is 1. The maximum absolute atomic E-state index is 13.7. The van der Waals surface area contributed by atoms with E-state index in [1.54, 1.807) is 16.7 Å². The number of hydrogen-bond acceptors (Lipinski definition) is 7. The van der Waals surface area contributed by atoms with E-state index in [0.29, 0.717) is 26.3 Å². The second-order valence-corrected chi connectivity index (χ2v) is 13.4. The van der Waals surface area contributed by atoms with Crippen LogP contribution in [-0.4, -0.2) is 70.6 Å². The number of hydrogen-bond donors (Lipinski definition) is 1. The van der Waals surface area contributed by atoms with E-state index < -0.39 is 0 Å². The van der Waals surface area contributed by atoms with E-state index in [4.69, 9.17) is 4.74 Å². The molecule has 4 heterocycles. The highest BCUT2D eigenvalue weighted by atomic mass is 79.9. The van der Waals surface area contributed by atoms with Crippen molar-refractivity contribution in [3.63, 3.8) is 0 Å². The largest absolute Gasteiger partial charge is 0.378 e. The van der Waals surface area contributed by atoms with Crippen LogP contribution in [0.2, 0.25) is 0 Å². The van der Waals surface area contributed by atoms with Gasteiger partial charge in [0.2, 0.25) is 17.7 Å². The van der Waals surface area contributed by atoms with Crippen LogP contribution >= 0.6 is 39.0 Å². The lowest BCUT2D eigenvalue weighted by atomic mass is 9.68. The summed E-state index contributed by atoms with van der Waals surface area (Å²) in [7, 11) is 0. The van der Waals surface area contributed by atoms with Gasteiger partial charge >= 0.3 is 4.87 Å². The quantitative estimate of drug-likeness (QED) is 0.552. The summed E-state index contributed by atoms with van der Waals surface area (Å²) >= 11 is 6.45. The molecule has 3 amide bonds. The number of morpholine rings is 1. The van der Waals surface area contributed by atoms with E-state index in [1.807, 2.05) is 12.1 Å². The van der Waals surface area contributed by atoms with Gasteiger partial charge in [-0.05, 0) is 41.9 Å². The summed E-state index contributed by atoms with van der Waals surface area (Å²) in [6.07, 6.45) is 0.840. The molecule has 8 nitrogen and oxygen atoms in total. The fraction of sp³-hybridized carbons (Fsp3) is 0.520. The summed E-state index contributed by atoms with van der Waals surface area (Å²) in [4.78, 5) is 59.4. The summed E-state index contributed by atoms with van der Waals surface area (Å²) in [6, 6.07) is 8.21. The lowest BCUT2D eigenvalue weighted by Gasteiger charge is -2.43. The number of rotatable bonds is 3. The van der Waals surface area contributed by atoms with E-state index in [1.165, 1.54) is 16.2 Å². The van der Waals surface area contributed by atoms with Gasteiger partial charge in [-0.2, -0.15) is 0 Å².